The van der Waals surface area contributed by atoms with Gasteiger partial charge >= 0.3 is 0 Å². The van der Waals surface area contributed by atoms with Gasteiger partial charge in [-0.25, -0.2) is 0 Å². The fourth-order valence-corrected chi connectivity index (χ4v) is 3.53. The summed E-state index contributed by atoms with van der Waals surface area (Å²) < 4.78 is 12.2. The van der Waals surface area contributed by atoms with Gasteiger partial charge in [-0.15, -0.1) is 5.10 Å². The van der Waals surface area contributed by atoms with Crippen LogP contribution in [0.2, 0.25) is 0 Å². The number of hydrogen-bond donors (Lipinski definition) is 0. The Morgan fingerprint density at radius 1 is 1.10 bits per heavy atom. The Kier molecular flexibility index (Phi) is 6.71. The molecular formula is C20H23N5O3S. The molecule has 1 aromatic heterocycles. The molecule has 1 heterocycles. The van der Waals surface area contributed by atoms with Crippen LogP contribution in [0, 0.1) is 6.92 Å². The zero-order valence-corrected chi connectivity index (χ0v) is 17.6. The minimum Gasteiger partial charge on any atom is -0.493 e. The Morgan fingerprint density at radius 3 is 2.52 bits per heavy atom. The Labute approximate surface area is 173 Å². The van der Waals surface area contributed by atoms with E-state index < -0.39 is 0 Å². The maximum absolute atomic E-state index is 12.6. The lowest BCUT2D eigenvalue weighted by Gasteiger charge is -2.18. The smallest absolute Gasteiger partial charge is 0.233 e. The van der Waals surface area contributed by atoms with E-state index in [9.17, 15) is 4.79 Å². The van der Waals surface area contributed by atoms with Gasteiger partial charge < -0.3 is 14.4 Å². The highest BCUT2D eigenvalue weighted by molar-refractivity contribution is 7.99. The van der Waals surface area contributed by atoms with Gasteiger partial charge in [0.15, 0.2) is 11.5 Å². The zero-order valence-electron chi connectivity index (χ0n) is 16.8. The van der Waals surface area contributed by atoms with E-state index >= 15 is 0 Å². The van der Waals surface area contributed by atoms with Crippen LogP contribution in [0.3, 0.4) is 0 Å². The van der Waals surface area contributed by atoms with E-state index in [2.05, 4.69) is 15.5 Å². The number of tetrazole rings is 1. The van der Waals surface area contributed by atoms with Crippen molar-refractivity contribution in [2.45, 2.75) is 18.6 Å². The second-order valence-corrected chi connectivity index (χ2v) is 7.38. The summed E-state index contributed by atoms with van der Waals surface area (Å²) in [5.41, 5.74) is 2.96. The van der Waals surface area contributed by atoms with Crippen molar-refractivity contribution in [3.63, 3.8) is 0 Å². The topological polar surface area (TPSA) is 82.4 Å². The maximum atomic E-state index is 12.6. The van der Waals surface area contributed by atoms with Crippen molar-refractivity contribution in [2.75, 3.05) is 27.0 Å². The monoisotopic (exact) mass is 413 g/mol. The number of methoxy groups -OCH3 is 2. The van der Waals surface area contributed by atoms with Crippen LogP contribution in [-0.2, 0) is 11.3 Å². The van der Waals surface area contributed by atoms with Gasteiger partial charge in [-0.05, 0) is 47.2 Å². The van der Waals surface area contributed by atoms with Crippen LogP contribution in [0.5, 0.6) is 11.5 Å². The third-order valence-corrected chi connectivity index (χ3v) is 5.24. The maximum Gasteiger partial charge on any atom is 0.233 e. The highest BCUT2D eigenvalue weighted by atomic mass is 32.2. The molecule has 0 fully saturated rings. The Hall–Kier alpha value is -3.07. The van der Waals surface area contributed by atoms with Crippen LogP contribution >= 0.6 is 11.8 Å². The number of rotatable bonds is 8. The number of hydrogen-bond acceptors (Lipinski definition) is 7. The Morgan fingerprint density at radius 2 is 1.83 bits per heavy atom. The summed E-state index contributed by atoms with van der Waals surface area (Å²) in [7, 11) is 4.95. The number of amides is 1. The highest BCUT2D eigenvalue weighted by Crippen LogP contribution is 2.28. The lowest BCUT2D eigenvalue weighted by molar-refractivity contribution is -0.127. The molecule has 0 bridgehead atoms. The van der Waals surface area contributed by atoms with E-state index in [1.54, 1.807) is 30.8 Å². The normalized spacial score (nSPS) is 10.6. The summed E-state index contributed by atoms with van der Waals surface area (Å²) in [6.45, 7) is 2.48. The van der Waals surface area contributed by atoms with Crippen molar-refractivity contribution in [1.29, 1.82) is 0 Å². The number of aromatic nitrogens is 4. The molecule has 152 valence electrons. The third-order valence-electron chi connectivity index (χ3n) is 4.34. The van der Waals surface area contributed by atoms with Crippen molar-refractivity contribution in [3.8, 4) is 17.2 Å². The average molecular weight is 414 g/mol. The third kappa shape index (κ3) is 5.05. The Bertz CT molecular complexity index is 975. The second-order valence-electron chi connectivity index (χ2n) is 6.44. The number of benzene rings is 2. The minimum absolute atomic E-state index is 0.0248. The second kappa shape index (κ2) is 9.42. The standard InChI is InChI=1S/C20H23N5O3S/c1-14-5-8-16(9-6-14)25-20(21-22-23-25)29-13-19(26)24(2)12-15-7-10-17(27-3)18(11-15)28-4/h5-11H,12-13H2,1-4H3. The molecule has 29 heavy (non-hydrogen) atoms. The molecule has 0 radical (unpaired) electrons. The summed E-state index contributed by atoms with van der Waals surface area (Å²) in [6, 6.07) is 13.5. The lowest BCUT2D eigenvalue weighted by Crippen LogP contribution is -2.28. The zero-order chi connectivity index (χ0) is 20.8. The van der Waals surface area contributed by atoms with Crippen LogP contribution < -0.4 is 9.47 Å². The molecule has 3 aromatic rings. The molecule has 0 unspecified atom stereocenters. The molecule has 0 aliphatic heterocycles. The van der Waals surface area contributed by atoms with Crippen LogP contribution in [-0.4, -0.2) is 58.0 Å². The van der Waals surface area contributed by atoms with E-state index in [1.165, 1.54) is 11.8 Å². The molecule has 0 spiro atoms. The van der Waals surface area contributed by atoms with Crippen LogP contribution in [0.15, 0.2) is 47.6 Å². The molecular weight excluding hydrogens is 390 g/mol. The number of carbonyl (C=O) groups is 1. The highest BCUT2D eigenvalue weighted by Gasteiger charge is 2.15. The first kappa shape index (κ1) is 20.7. The fraction of sp³-hybridized carbons (Fsp3) is 0.300. The van der Waals surface area contributed by atoms with Crippen molar-refractivity contribution >= 4 is 17.7 Å². The predicted molar refractivity (Wildman–Crippen MR) is 111 cm³/mol. The van der Waals surface area contributed by atoms with E-state index in [0.717, 1.165) is 16.8 Å². The van der Waals surface area contributed by atoms with Crippen molar-refractivity contribution in [2.24, 2.45) is 0 Å². The van der Waals surface area contributed by atoms with Gasteiger partial charge in [-0.2, -0.15) is 4.68 Å². The SMILES string of the molecule is COc1ccc(CN(C)C(=O)CSc2nnnn2-c2ccc(C)cc2)cc1OC. The van der Waals surface area contributed by atoms with Crippen molar-refractivity contribution < 1.29 is 14.3 Å². The van der Waals surface area contributed by atoms with E-state index in [1.807, 2.05) is 49.4 Å². The van der Waals surface area contributed by atoms with Gasteiger partial charge in [0, 0.05) is 13.6 Å². The lowest BCUT2D eigenvalue weighted by atomic mass is 10.2. The summed E-state index contributed by atoms with van der Waals surface area (Å²) >= 11 is 1.30. The molecule has 0 saturated carbocycles. The number of carbonyl (C=O) groups excluding carboxylic acids is 1. The molecule has 8 nitrogen and oxygen atoms in total. The minimum atomic E-state index is -0.0248. The molecule has 1 amide bonds. The van der Waals surface area contributed by atoms with Gasteiger partial charge in [-0.3, -0.25) is 4.79 Å². The molecule has 0 aliphatic rings. The van der Waals surface area contributed by atoms with Crippen LogP contribution in [0.25, 0.3) is 5.69 Å². The van der Waals surface area contributed by atoms with E-state index in [-0.39, 0.29) is 11.7 Å². The first-order chi connectivity index (χ1) is 14.0. The summed E-state index contributed by atoms with van der Waals surface area (Å²) in [5, 5.41) is 12.4. The molecule has 2 aromatic carbocycles. The molecule has 3 rings (SSSR count). The largest absolute Gasteiger partial charge is 0.493 e. The Balaban J connectivity index is 1.61. The van der Waals surface area contributed by atoms with Gasteiger partial charge in [0.1, 0.15) is 0 Å². The number of thioether (sulfide) groups is 1. The van der Waals surface area contributed by atoms with E-state index in [4.69, 9.17) is 9.47 Å². The first-order valence-electron chi connectivity index (χ1n) is 8.95. The van der Waals surface area contributed by atoms with Crippen molar-refractivity contribution in [3.05, 3.63) is 53.6 Å². The number of aryl methyl sites for hydroxylation is 1. The van der Waals surface area contributed by atoms with Gasteiger partial charge in [0.05, 0.1) is 25.7 Å². The average Bonchev–Trinajstić information content (AvgIpc) is 3.21. The predicted octanol–water partition coefficient (Wildman–Crippen LogP) is 2.74. The van der Waals surface area contributed by atoms with Gasteiger partial charge in [-0.1, -0.05) is 35.5 Å². The van der Waals surface area contributed by atoms with E-state index in [0.29, 0.717) is 23.2 Å². The van der Waals surface area contributed by atoms with Crippen LogP contribution in [0.1, 0.15) is 11.1 Å². The number of nitrogens with zero attached hydrogens (tertiary/aromatic N) is 5. The molecule has 0 N–H and O–H groups in total. The fourth-order valence-electron chi connectivity index (χ4n) is 2.69. The number of ether oxygens (including phenoxy) is 2. The van der Waals surface area contributed by atoms with Crippen molar-refractivity contribution in [1.82, 2.24) is 25.1 Å². The van der Waals surface area contributed by atoms with Gasteiger partial charge in [0.2, 0.25) is 11.1 Å². The quantitative estimate of drug-likeness (QED) is 0.525. The summed E-state index contributed by atoms with van der Waals surface area (Å²) in [4.78, 5) is 14.2. The molecule has 0 aliphatic carbocycles. The summed E-state index contributed by atoms with van der Waals surface area (Å²) in [5.74, 6) is 1.50. The summed E-state index contributed by atoms with van der Waals surface area (Å²) in [6.07, 6.45) is 0. The molecule has 0 saturated heterocycles. The molecule has 9 heteroatoms. The van der Waals surface area contributed by atoms with Gasteiger partial charge in [0.25, 0.3) is 0 Å². The first-order valence-corrected chi connectivity index (χ1v) is 9.93. The molecule has 0 atom stereocenters. The van der Waals surface area contributed by atoms with Crippen LogP contribution in [0.4, 0.5) is 0 Å².